The molecule has 1 fully saturated rings. The molecule has 13 heteroatoms. The number of nitrogens with zero attached hydrogens (tertiary/aromatic N) is 5. The summed E-state index contributed by atoms with van der Waals surface area (Å²) >= 11 is 0. The Balaban J connectivity index is 1.37. The average Bonchev–Trinajstić information content (AvgIpc) is 3.34. The molecule has 5 aromatic rings. The number of benzene rings is 3. The smallest absolute Gasteiger partial charge is 0.258 e. The molecule has 0 atom stereocenters. The second-order valence-electron chi connectivity index (χ2n) is 9.50. The first-order valence-corrected chi connectivity index (χ1v) is 14.8. The molecule has 0 bridgehead atoms. The van der Waals surface area contributed by atoms with Crippen LogP contribution in [0.5, 0.6) is 11.5 Å². The maximum Gasteiger partial charge on any atom is 0.258 e. The Morgan fingerprint density at radius 3 is 2.55 bits per heavy atom. The predicted molar refractivity (Wildman–Crippen MR) is 155 cm³/mol. The fraction of sp³-hybridized carbons (Fsp3) is 0.241. The highest BCUT2D eigenvalue weighted by molar-refractivity contribution is 7.89. The van der Waals surface area contributed by atoms with Gasteiger partial charge in [0.2, 0.25) is 10.0 Å². The van der Waals surface area contributed by atoms with Crippen molar-refractivity contribution < 1.29 is 27.4 Å². The van der Waals surface area contributed by atoms with E-state index < -0.39 is 15.9 Å². The average molecular weight is 589 g/mol. The van der Waals surface area contributed by atoms with E-state index in [0.29, 0.717) is 59.7 Å². The number of hydrogen-bond acceptors (Lipinski definition) is 9. The van der Waals surface area contributed by atoms with E-state index in [1.807, 2.05) is 34.9 Å². The van der Waals surface area contributed by atoms with E-state index in [0.717, 1.165) is 5.75 Å². The quantitative estimate of drug-likeness (QED) is 0.275. The van der Waals surface area contributed by atoms with Crippen molar-refractivity contribution in [3.05, 3.63) is 78.4 Å². The molecule has 42 heavy (non-hydrogen) atoms. The largest absolute Gasteiger partial charge is 0.497 e. The van der Waals surface area contributed by atoms with E-state index in [1.165, 1.54) is 11.4 Å². The van der Waals surface area contributed by atoms with E-state index in [2.05, 4.69) is 20.5 Å². The van der Waals surface area contributed by atoms with Crippen LogP contribution in [-0.4, -0.2) is 78.4 Å². The number of rotatable bonds is 9. The van der Waals surface area contributed by atoms with Gasteiger partial charge < -0.3 is 18.8 Å². The zero-order valence-electron chi connectivity index (χ0n) is 22.8. The van der Waals surface area contributed by atoms with Crippen LogP contribution in [0.1, 0.15) is 10.4 Å². The highest BCUT2D eigenvalue weighted by Gasteiger charge is 2.27. The van der Waals surface area contributed by atoms with Gasteiger partial charge in [-0.3, -0.25) is 10.1 Å². The van der Waals surface area contributed by atoms with Gasteiger partial charge in [0, 0.05) is 24.0 Å². The van der Waals surface area contributed by atoms with Crippen LogP contribution < -0.4 is 14.8 Å². The summed E-state index contributed by atoms with van der Waals surface area (Å²) in [6.45, 7) is 1.97. The van der Waals surface area contributed by atoms with Crippen molar-refractivity contribution in [3.63, 3.8) is 0 Å². The van der Waals surface area contributed by atoms with Gasteiger partial charge >= 0.3 is 0 Å². The number of aromatic nitrogens is 4. The van der Waals surface area contributed by atoms with Crippen LogP contribution in [0.2, 0.25) is 0 Å². The number of nitrogens with one attached hydrogen (secondary N) is 1. The Labute approximate surface area is 241 Å². The first-order valence-electron chi connectivity index (χ1n) is 13.3. The lowest BCUT2D eigenvalue weighted by atomic mass is 10.2. The van der Waals surface area contributed by atoms with Gasteiger partial charge in [-0.15, -0.1) is 10.2 Å². The lowest BCUT2D eigenvalue weighted by molar-refractivity contribution is 0.0730. The van der Waals surface area contributed by atoms with Gasteiger partial charge in [0.25, 0.3) is 11.9 Å². The number of carbonyl (C=O) groups excluding carboxylic acids is 1. The Kier molecular flexibility index (Phi) is 7.69. The number of methoxy groups -OCH3 is 1. The molecule has 0 spiro atoms. The monoisotopic (exact) mass is 588 g/mol. The molecule has 1 saturated heterocycles. The maximum atomic E-state index is 13.4. The SMILES string of the molecule is COc1cccc(C(=O)Nc2nnc3c4cc(S(=O)(=O)N5CCOCC5)ccc4n(CCOc4ccccc4)c3n2)c1. The van der Waals surface area contributed by atoms with Crippen LogP contribution in [0.4, 0.5) is 5.95 Å². The van der Waals surface area contributed by atoms with Crippen molar-refractivity contribution in [2.75, 3.05) is 45.3 Å². The molecule has 1 amide bonds. The molecule has 3 heterocycles. The van der Waals surface area contributed by atoms with E-state index >= 15 is 0 Å². The topological polar surface area (TPSA) is 138 Å². The second-order valence-corrected chi connectivity index (χ2v) is 11.4. The Morgan fingerprint density at radius 1 is 0.976 bits per heavy atom. The molecular formula is C29H28N6O6S. The summed E-state index contributed by atoms with van der Waals surface area (Å²) in [5, 5.41) is 11.8. The molecule has 0 saturated carbocycles. The Hall–Kier alpha value is -4.59. The highest BCUT2D eigenvalue weighted by Crippen LogP contribution is 2.30. The third kappa shape index (κ3) is 5.49. The zero-order valence-corrected chi connectivity index (χ0v) is 23.6. The summed E-state index contributed by atoms with van der Waals surface area (Å²) in [5.41, 5.74) is 1.91. The number of fused-ring (bicyclic) bond motifs is 3. The van der Waals surface area contributed by atoms with Crippen LogP contribution in [0.3, 0.4) is 0 Å². The van der Waals surface area contributed by atoms with Crippen LogP contribution in [0, 0.1) is 0 Å². The van der Waals surface area contributed by atoms with E-state index in [-0.39, 0.29) is 23.9 Å². The number of amides is 1. The van der Waals surface area contributed by atoms with Crippen molar-refractivity contribution in [1.29, 1.82) is 0 Å². The Bertz CT molecular complexity index is 1860. The Morgan fingerprint density at radius 2 is 1.76 bits per heavy atom. The van der Waals surface area contributed by atoms with Crippen molar-refractivity contribution in [2.45, 2.75) is 11.4 Å². The number of morpholine rings is 1. The second kappa shape index (κ2) is 11.7. The van der Waals surface area contributed by atoms with Crippen molar-refractivity contribution in [3.8, 4) is 11.5 Å². The van der Waals surface area contributed by atoms with Gasteiger partial charge in [-0.05, 0) is 48.5 Å². The molecule has 12 nitrogen and oxygen atoms in total. The molecule has 2 aromatic heterocycles. The van der Waals surface area contributed by atoms with E-state index in [1.54, 1.807) is 42.5 Å². The zero-order chi connectivity index (χ0) is 29.1. The number of anilines is 1. The number of ether oxygens (including phenoxy) is 3. The lowest BCUT2D eigenvalue weighted by Crippen LogP contribution is -2.40. The molecule has 1 aliphatic rings. The summed E-state index contributed by atoms with van der Waals surface area (Å²) in [6.07, 6.45) is 0. The van der Waals surface area contributed by atoms with Gasteiger partial charge in [-0.2, -0.15) is 9.29 Å². The van der Waals surface area contributed by atoms with E-state index in [9.17, 15) is 13.2 Å². The maximum absolute atomic E-state index is 13.4. The highest BCUT2D eigenvalue weighted by atomic mass is 32.2. The van der Waals surface area contributed by atoms with Gasteiger partial charge in [0.15, 0.2) is 5.65 Å². The van der Waals surface area contributed by atoms with Crippen LogP contribution in [0.15, 0.2) is 77.7 Å². The molecule has 6 rings (SSSR count). The molecule has 1 N–H and O–H groups in total. The minimum absolute atomic E-state index is 0.00418. The van der Waals surface area contributed by atoms with Gasteiger partial charge in [0.05, 0.1) is 37.3 Å². The van der Waals surface area contributed by atoms with Gasteiger partial charge in [-0.1, -0.05) is 24.3 Å². The van der Waals surface area contributed by atoms with Crippen LogP contribution in [0.25, 0.3) is 22.1 Å². The van der Waals surface area contributed by atoms with Crippen LogP contribution >= 0.6 is 0 Å². The molecule has 1 aliphatic heterocycles. The van der Waals surface area contributed by atoms with Crippen LogP contribution in [-0.2, 0) is 21.3 Å². The molecule has 3 aromatic carbocycles. The lowest BCUT2D eigenvalue weighted by Gasteiger charge is -2.26. The normalized spacial score (nSPS) is 14.2. The molecule has 0 radical (unpaired) electrons. The molecule has 0 unspecified atom stereocenters. The molecular weight excluding hydrogens is 560 g/mol. The third-order valence-electron chi connectivity index (χ3n) is 6.93. The fourth-order valence-corrected chi connectivity index (χ4v) is 6.25. The molecule has 216 valence electrons. The first-order chi connectivity index (χ1) is 20.4. The minimum atomic E-state index is -3.74. The van der Waals surface area contributed by atoms with Crippen molar-refractivity contribution in [2.24, 2.45) is 0 Å². The predicted octanol–water partition coefficient (Wildman–Crippen LogP) is 3.34. The number of sulfonamides is 1. The molecule has 0 aliphatic carbocycles. The van der Waals surface area contributed by atoms with Crippen molar-refractivity contribution >= 4 is 43.9 Å². The fourth-order valence-electron chi connectivity index (χ4n) is 4.82. The minimum Gasteiger partial charge on any atom is -0.497 e. The summed E-state index contributed by atoms with van der Waals surface area (Å²) < 4.78 is 46.6. The summed E-state index contributed by atoms with van der Waals surface area (Å²) in [4.78, 5) is 17.7. The summed E-state index contributed by atoms with van der Waals surface area (Å²) in [6, 6.07) is 21.1. The summed E-state index contributed by atoms with van der Waals surface area (Å²) in [5.74, 6) is 0.836. The number of para-hydroxylation sites is 1. The van der Waals surface area contributed by atoms with Gasteiger partial charge in [-0.25, -0.2) is 8.42 Å². The number of hydrogen-bond donors (Lipinski definition) is 1. The van der Waals surface area contributed by atoms with Gasteiger partial charge in [0.1, 0.15) is 23.6 Å². The summed E-state index contributed by atoms with van der Waals surface area (Å²) in [7, 11) is -2.22. The van der Waals surface area contributed by atoms with Crippen molar-refractivity contribution in [1.82, 2.24) is 24.1 Å². The first kappa shape index (κ1) is 27.6. The standard InChI is InChI=1S/C29H28N6O6S/c1-39-22-9-5-6-20(18-22)28(36)31-29-30-27-26(32-33-29)24-19-23(42(37,38)34-12-15-40-16-13-34)10-11-25(24)35(27)14-17-41-21-7-3-2-4-8-21/h2-11,18-19H,12-17H2,1H3,(H,30,31,33,36). The van der Waals surface area contributed by atoms with E-state index in [4.69, 9.17) is 14.2 Å². The number of carbonyl (C=O) groups is 1. The third-order valence-corrected chi connectivity index (χ3v) is 8.82.